The molecule has 0 saturated carbocycles. The Balaban J connectivity index is 2.33. The molecule has 0 aliphatic rings. The van der Waals surface area contributed by atoms with Crippen LogP contribution in [0.1, 0.15) is 38.2 Å². The van der Waals surface area contributed by atoms with Gasteiger partial charge in [0.15, 0.2) is 0 Å². The molecule has 1 heterocycles. The summed E-state index contributed by atoms with van der Waals surface area (Å²) in [6, 6.07) is 2.10. The average Bonchev–Trinajstić information content (AvgIpc) is 3.25. The van der Waals surface area contributed by atoms with Crippen molar-refractivity contribution < 1.29 is 39.0 Å². The lowest BCUT2D eigenvalue weighted by atomic mass is 10.0. The molecule has 4 atom stereocenters. The minimum atomic E-state index is -1.46. The molecule has 0 aliphatic heterocycles. The Labute approximate surface area is 217 Å². The van der Waals surface area contributed by atoms with E-state index in [2.05, 4.69) is 20.9 Å². The monoisotopic (exact) mass is 532 g/mol. The number of nitrogens with two attached hydrogens (primary N) is 2. The Morgan fingerprint density at radius 2 is 1.45 bits per heavy atom. The fourth-order valence-corrected chi connectivity index (χ4v) is 3.66. The SMILES string of the molecule is CC(N)C(=O)NC(CCC(=O)O)C(=O)NC(Cc1c[nH]c2ccccc12)C(=O)NC(CCC(N)=O)C(=O)O. The number of nitrogens with one attached hydrogen (secondary N) is 4. The fraction of sp³-hybridized carbons (Fsp3) is 0.417. The number of hydrogen-bond acceptors (Lipinski definition) is 7. The molecule has 14 heteroatoms. The normalized spacial score (nSPS) is 14.1. The highest BCUT2D eigenvalue weighted by Crippen LogP contribution is 2.19. The molecule has 2 rings (SSSR count). The number of benzene rings is 1. The maximum absolute atomic E-state index is 13.2. The summed E-state index contributed by atoms with van der Waals surface area (Å²) >= 11 is 0. The first-order valence-electron chi connectivity index (χ1n) is 11.8. The molecule has 2 aromatic rings. The minimum absolute atomic E-state index is 0.0728. The Bertz CT molecular complexity index is 1190. The van der Waals surface area contributed by atoms with E-state index in [0.717, 1.165) is 10.9 Å². The van der Waals surface area contributed by atoms with Gasteiger partial charge in [0.2, 0.25) is 23.6 Å². The maximum atomic E-state index is 13.2. The molecule has 1 aromatic heterocycles. The van der Waals surface area contributed by atoms with Gasteiger partial charge in [-0.05, 0) is 31.4 Å². The van der Waals surface area contributed by atoms with Crippen molar-refractivity contribution in [3.63, 3.8) is 0 Å². The Kier molecular flexibility index (Phi) is 10.8. The summed E-state index contributed by atoms with van der Waals surface area (Å²) in [6.07, 6.45) is 0.269. The molecule has 4 unspecified atom stereocenters. The highest BCUT2D eigenvalue weighted by Gasteiger charge is 2.31. The van der Waals surface area contributed by atoms with Gasteiger partial charge < -0.3 is 42.6 Å². The summed E-state index contributed by atoms with van der Waals surface area (Å²) in [7, 11) is 0. The van der Waals surface area contributed by atoms with Crippen LogP contribution in [0.25, 0.3) is 10.9 Å². The lowest BCUT2D eigenvalue weighted by Crippen LogP contribution is -2.57. The molecule has 206 valence electrons. The molecule has 1 aromatic carbocycles. The number of hydrogen-bond donors (Lipinski definition) is 8. The van der Waals surface area contributed by atoms with Crippen molar-refractivity contribution in [1.82, 2.24) is 20.9 Å². The van der Waals surface area contributed by atoms with Crippen LogP contribution >= 0.6 is 0 Å². The highest BCUT2D eigenvalue weighted by molar-refractivity contribution is 5.95. The molecule has 0 fully saturated rings. The molecular weight excluding hydrogens is 500 g/mol. The zero-order valence-electron chi connectivity index (χ0n) is 20.7. The summed E-state index contributed by atoms with van der Waals surface area (Å²) in [4.78, 5) is 75.4. The summed E-state index contributed by atoms with van der Waals surface area (Å²) < 4.78 is 0. The lowest BCUT2D eigenvalue weighted by Gasteiger charge is -2.25. The van der Waals surface area contributed by atoms with Gasteiger partial charge in [-0.25, -0.2) is 4.79 Å². The van der Waals surface area contributed by atoms with Gasteiger partial charge >= 0.3 is 11.9 Å². The van der Waals surface area contributed by atoms with Gasteiger partial charge in [0.25, 0.3) is 0 Å². The molecular formula is C24H32N6O8. The van der Waals surface area contributed by atoms with Gasteiger partial charge in [0, 0.05) is 36.4 Å². The van der Waals surface area contributed by atoms with Crippen LogP contribution in [0.2, 0.25) is 0 Å². The van der Waals surface area contributed by atoms with E-state index in [1.54, 1.807) is 24.4 Å². The third-order valence-corrected chi connectivity index (χ3v) is 5.72. The quantitative estimate of drug-likeness (QED) is 0.136. The number of H-pyrrole nitrogens is 1. The molecule has 14 nitrogen and oxygen atoms in total. The maximum Gasteiger partial charge on any atom is 0.326 e. The summed E-state index contributed by atoms with van der Waals surface area (Å²) in [5.74, 6) is -5.78. The molecule has 0 aliphatic carbocycles. The Morgan fingerprint density at radius 1 is 0.868 bits per heavy atom. The van der Waals surface area contributed by atoms with Gasteiger partial charge in [-0.15, -0.1) is 0 Å². The number of aromatic amines is 1. The number of carboxylic acid groups (broad SMARTS) is 2. The van der Waals surface area contributed by atoms with Crippen molar-refractivity contribution in [2.24, 2.45) is 11.5 Å². The van der Waals surface area contributed by atoms with Crippen LogP contribution in [0, 0.1) is 0 Å². The van der Waals surface area contributed by atoms with E-state index >= 15 is 0 Å². The molecule has 0 radical (unpaired) electrons. The largest absolute Gasteiger partial charge is 0.481 e. The van der Waals surface area contributed by atoms with Crippen molar-refractivity contribution in [2.75, 3.05) is 0 Å². The second-order valence-corrected chi connectivity index (χ2v) is 8.81. The molecule has 4 amide bonds. The molecule has 0 saturated heterocycles. The first-order valence-corrected chi connectivity index (χ1v) is 11.8. The van der Waals surface area contributed by atoms with Crippen LogP contribution < -0.4 is 27.4 Å². The number of para-hydroxylation sites is 1. The number of amides is 4. The topological polar surface area (TPSA) is 247 Å². The van der Waals surface area contributed by atoms with Gasteiger partial charge in [-0.1, -0.05) is 18.2 Å². The predicted octanol–water partition coefficient (Wildman–Crippen LogP) is -1.27. The number of carbonyl (C=O) groups is 6. The van der Waals surface area contributed by atoms with Crippen molar-refractivity contribution in [2.45, 2.75) is 63.2 Å². The molecule has 0 spiro atoms. The van der Waals surface area contributed by atoms with Gasteiger partial charge in [0.05, 0.1) is 6.04 Å². The van der Waals surface area contributed by atoms with Gasteiger partial charge in [-0.2, -0.15) is 0 Å². The smallest absolute Gasteiger partial charge is 0.326 e. The van der Waals surface area contributed by atoms with Gasteiger partial charge in [0.1, 0.15) is 18.1 Å². The second-order valence-electron chi connectivity index (χ2n) is 8.81. The number of fused-ring (bicyclic) bond motifs is 1. The zero-order valence-corrected chi connectivity index (χ0v) is 20.7. The van der Waals surface area contributed by atoms with Crippen LogP contribution in [0.5, 0.6) is 0 Å². The van der Waals surface area contributed by atoms with E-state index in [0.29, 0.717) is 5.56 Å². The number of primary amides is 1. The second kappa shape index (κ2) is 13.7. The Morgan fingerprint density at radius 3 is 2.05 bits per heavy atom. The van der Waals surface area contributed by atoms with Crippen LogP contribution in [0.3, 0.4) is 0 Å². The fourth-order valence-electron chi connectivity index (χ4n) is 3.66. The van der Waals surface area contributed by atoms with Crippen molar-refractivity contribution in [3.05, 3.63) is 36.0 Å². The minimum Gasteiger partial charge on any atom is -0.481 e. The lowest BCUT2D eigenvalue weighted by molar-refractivity contribution is -0.142. The van der Waals surface area contributed by atoms with E-state index in [-0.39, 0.29) is 25.7 Å². The third kappa shape index (κ3) is 8.89. The molecule has 0 bridgehead atoms. The number of carboxylic acids is 2. The van der Waals surface area contributed by atoms with Crippen molar-refractivity contribution in [1.29, 1.82) is 0 Å². The van der Waals surface area contributed by atoms with Gasteiger partial charge in [-0.3, -0.25) is 24.0 Å². The highest BCUT2D eigenvalue weighted by atomic mass is 16.4. The average molecular weight is 533 g/mol. The molecule has 10 N–H and O–H groups in total. The first kappa shape index (κ1) is 29.8. The predicted molar refractivity (Wildman–Crippen MR) is 134 cm³/mol. The summed E-state index contributed by atoms with van der Waals surface area (Å²) in [6.45, 7) is 1.38. The summed E-state index contributed by atoms with van der Waals surface area (Å²) in [5, 5.41) is 26.5. The van der Waals surface area contributed by atoms with Crippen LogP contribution in [-0.2, 0) is 35.2 Å². The van der Waals surface area contributed by atoms with Crippen LogP contribution in [0.4, 0.5) is 0 Å². The number of carbonyl (C=O) groups excluding carboxylic acids is 4. The Hall–Kier alpha value is -4.46. The zero-order chi connectivity index (χ0) is 28.4. The standard InChI is InChI=1S/C24H32N6O8/c1-12(25)21(34)28-16(7-9-20(32)33)22(35)30-18(10-13-11-27-15-5-3-2-4-14(13)15)23(36)29-17(24(37)38)6-8-19(26)31/h2-5,11-12,16-18,27H,6-10,25H2,1H3,(H2,26,31)(H,28,34)(H,29,36)(H,30,35)(H,32,33)(H,37,38). The van der Waals surface area contributed by atoms with Crippen molar-refractivity contribution >= 4 is 46.5 Å². The third-order valence-electron chi connectivity index (χ3n) is 5.72. The van der Waals surface area contributed by atoms with E-state index in [4.69, 9.17) is 16.6 Å². The van der Waals surface area contributed by atoms with Crippen LogP contribution in [-0.4, -0.2) is 74.9 Å². The van der Waals surface area contributed by atoms with E-state index in [9.17, 15) is 33.9 Å². The van der Waals surface area contributed by atoms with E-state index in [1.165, 1.54) is 6.92 Å². The first-order chi connectivity index (χ1) is 17.9. The summed E-state index contributed by atoms with van der Waals surface area (Å²) in [5.41, 5.74) is 12.0. The van der Waals surface area contributed by atoms with E-state index < -0.39 is 66.2 Å². The van der Waals surface area contributed by atoms with Crippen LogP contribution in [0.15, 0.2) is 30.5 Å². The number of aromatic nitrogens is 1. The molecule has 38 heavy (non-hydrogen) atoms. The van der Waals surface area contributed by atoms with E-state index in [1.807, 2.05) is 6.07 Å². The number of rotatable bonds is 15. The van der Waals surface area contributed by atoms with Crippen molar-refractivity contribution in [3.8, 4) is 0 Å². The number of aliphatic carboxylic acids is 2.